The van der Waals surface area contributed by atoms with Gasteiger partial charge in [0.25, 0.3) is 0 Å². The highest BCUT2D eigenvalue weighted by Gasteiger charge is 2.57. The summed E-state index contributed by atoms with van der Waals surface area (Å²) < 4.78 is 26.0. The molecule has 0 fully saturated rings. The molecule has 4 heterocycles. The topological polar surface area (TPSA) is 264 Å². The minimum absolute atomic E-state index is 0.00863. The molecular formula is C57H58N4O15. The summed E-state index contributed by atoms with van der Waals surface area (Å²) in [5, 5.41) is 46.0. The lowest BCUT2D eigenvalue weighted by atomic mass is 9.59. The van der Waals surface area contributed by atoms with Crippen LogP contribution in [0.25, 0.3) is 22.3 Å². The fourth-order valence-corrected chi connectivity index (χ4v) is 12.0. The molecule has 0 N–H and O–H groups in total. The highest BCUT2D eigenvalue weighted by molar-refractivity contribution is 6.00. The van der Waals surface area contributed by atoms with Gasteiger partial charge in [-0.25, -0.2) is 23.7 Å². The predicted octanol–water partition coefficient (Wildman–Crippen LogP) is -0.108. The summed E-state index contributed by atoms with van der Waals surface area (Å²) in [7, 11) is 5.07. The lowest BCUT2D eigenvalue weighted by Gasteiger charge is -2.42. The van der Waals surface area contributed by atoms with Gasteiger partial charge in [-0.2, -0.15) is 13.7 Å². The number of hydrogen-bond acceptors (Lipinski definition) is 15. The van der Waals surface area contributed by atoms with E-state index < -0.39 is 83.1 Å². The summed E-state index contributed by atoms with van der Waals surface area (Å²) in [6, 6.07) is 0. The molecule has 0 aromatic carbocycles. The van der Waals surface area contributed by atoms with Gasteiger partial charge >= 0.3 is 23.9 Å². The molecule has 396 valence electrons. The van der Waals surface area contributed by atoms with E-state index in [1.54, 1.807) is 29.4 Å². The standard InChI is InChI=1S/C29H30N2O7.C28H28N2O8/c1-16-8-28(4,24-19(16)11-30(10-18(3)32)13-21(24)26(35)37-6)29(5)9-17(2)20-12-31(15-23(33)34)14-22(25(20)29)27(36)38-7;1-15-7-27(3,19-11-29(13-21(31)32)9-17(23(15)19)25(35)37-5)28(4)8-16(2)24-18(26(36)38-6)10-30(12-20(24)28)14-22(33)34/h8-9,11-14H,3,10,15H2,1-2,4-7H3;7-12H,13-14H2,1-6H3. The maximum absolute atomic E-state index is 13.1. The molecule has 19 nitrogen and oxygen atoms in total. The Labute approximate surface area is 438 Å². The second kappa shape index (κ2) is 19.9. The number of pyridine rings is 4. The minimum atomic E-state index is -1.32. The molecule has 19 heteroatoms. The molecule has 76 heavy (non-hydrogen) atoms. The van der Waals surface area contributed by atoms with Crippen LogP contribution in [-0.4, -0.2) is 70.2 Å². The van der Waals surface area contributed by atoms with Crippen LogP contribution in [-0.2, 0) is 81.2 Å². The molecule has 4 atom stereocenters. The molecule has 0 saturated heterocycles. The van der Waals surface area contributed by atoms with Crippen molar-refractivity contribution in [2.45, 2.75) is 103 Å². The summed E-state index contributed by atoms with van der Waals surface area (Å²) in [5.74, 6) is -6.65. The first kappa shape index (κ1) is 55.1. The monoisotopic (exact) mass is 1040 g/mol. The van der Waals surface area contributed by atoms with E-state index in [-0.39, 0.29) is 29.0 Å². The fourth-order valence-electron chi connectivity index (χ4n) is 12.0. The molecule has 0 aliphatic heterocycles. The number of ether oxygens (including phenoxy) is 4. The van der Waals surface area contributed by atoms with Crippen LogP contribution in [0, 0.1) is 0 Å². The van der Waals surface area contributed by atoms with Gasteiger partial charge < -0.3 is 53.8 Å². The summed E-state index contributed by atoms with van der Waals surface area (Å²) >= 11 is 0. The van der Waals surface area contributed by atoms with Crippen LogP contribution in [0.1, 0.15) is 141 Å². The number of carboxylic acid groups (broad SMARTS) is 3. The van der Waals surface area contributed by atoms with Gasteiger partial charge in [0.2, 0.25) is 0 Å². The average Bonchev–Trinajstić information content (AvgIpc) is 4.00. The van der Waals surface area contributed by atoms with Crippen LogP contribution < -0.4 is 38.7 Å². The summed E-state index contributed by atoms with van der Waals surface area (Å²) in [5.41, 5.74) is 6.27. The lowest BCUT2D eigenvalue weighted by molar-refractivity contribution is -0.700. The molecule has 4 unspecified atom stereocenters. The maximum atomic E-state index is 13.1. The smallest absolute Gasteiger partial charge is 0.344 e. The Balaban J connectivity index is 0.000000221. The van der Waals surface area contributed by atoms with E-state index in [0.717, 1.165) is 27.9 Å². The third-order valence-electron chi connectivity index (χ3n) is 15.4. The second-order valence-electron chi connectivity index (χ2n) is 20.3. The van der Waals surface area contributed by atoms with Crippen molar-refractivity contribution in [2.75, 3.05) is 28.4 Å². The molecule has 4 aromatic heterocycles. The van der Waals surface area contributed by atoms with Crippen molar-refractivity contribution in [2.24, 2.45) is 0 Å². The van der Waals surface area contributed by atoms with Crippen LogP contribution in [0.15, 0.2) is 86.2 Å². The van der Waals surface area contributed by atoms with E-state index in [2.05, 4.69) is 12.7 Å². The van der Waals surface area contributed by atoms with Gasteiger partial charge in [0.1, 0.15) is 40.2 Å². The van der Waals surface area contributed by atoms with Crippen LogP contribution >= 0.6 is 0 Å². The third kappa shape index (κ3) is 9.02. The van der Waals surface area contributed by atoms with Crippen LogP contribution in [0.3, 0.4) is 0 Å². The molecule has 4 aliphatic carbocycles. The van der Waals surface area contributed by atoms with Gasteiger partial charge in [-0.05, 0) is 61.1 Å². The van der Waals surface area contributed by atoms with Gasteiger partial charge in [0, 0.05) is 55.0 Å². The van der Waals surface area contributed by atoms with Crippen molar-refractivity contribution in [1.82, 2.24) is 0 Å². The number of methoxy groups -OCH3 is 4. The van der Waals surface area contributed by atoms with Crippen LogP contribution in [0.5, 0.6) is 0 Å². The highest BCUT2D eigenvalue weighted by Crippen LogP contribution is 2.59. The summed E-state index contributed by atoms with van der Waals surface area (Å²) in [6.07, 6.45) is 20.9. The number of carboxylic acids is 3. The van der Waals surface area contributed by atoms with Crippen molar-refractivity contribution < 1.29 is 91.2 Å². The first-order valence-electron chi connectivity index (χ1n) is 23.9. The number of allylic oxidation sites excluding steroid dienone is 9. The zero-order valence-corrected chi connectivity index (χ0v) is 44.4. The molecule has 0 saturated carbocycles. The number of nitrogens with zero attached hydrogens (tertiary/aromatic N) is 4. The minimum Gasteiger partial charge on any atom is -0.872 e. The van der Waals surface area contributed by atoms with E-state index in [1.807, 2.05) is 79.8 Å². The molecular weight excluding hydrogens is 981 g/mol. The zero-order valence-electron chi connectivity index (χ0n) is 44.4. The second-order valence-corrected chi connectivity index (χ2v) is 20.3. The van der Waals surface area contributed by atoms with Crippen molar-refractivity contribution in [1.29, 1.82) is 0 Å². The first-order chi connectivity index (χ1) is 35.5. The number of aromatic nitrogens is 4. The Kier molecular flexibility index (Phi) is 14.5. The predicted molar refractivity (Wildman–Crippen MR) is 260 cm³/mol. The maximum Gasteiger partial charge on any atom is 0.344 e. The van der Waals surface area contributed by atoms with Crippen molar-refractivity contribution >= 4 is 64.1 Å². The molecule has 0 bridgehead atoms. The number of rotatable bonds is 14. The van der Waals surface area contributed by atoms with Gasteiger partial charge in [-0.15, -0.1) is 6.58 Å². The largest absolute Gasteiger partial charge is 0.872 e. The van der Waals surface area contributed by atoms with Crippen molar-refractivity contribution in [3.05, 3.63) is 153 Å². The molecule has 0 radical (unpaired) electrons. The lowest BCUT2D eigenvalue weighted by Crippen LogP contribution is -2.49. The Morgan fingerprint density at radius 3 is 1.00 bits per heavy atom. The molecule has 4 aliphatic rings. The number of fused-ring (bicyclic) bond motifs is 4. The van der Waals surface area contributed by atoms with Gasteiger partial charge in [-0.3, -0.25) is 0 Å². The number of carbonyl (C=O) groups excluding carboxylic acids is 7. The molecule has 4 aromatic rings. The van der Waals surface area contributed by atoms with Crippen molar-refractivity contribution in [3.63, 3.8) is 0 Å². The SMILES string of the molecule is C=C([O-])C[n+]1cc(C(=O)OC)c2c(c1)C(C)=CC2(C)C1(C)C=C(C)c2c[n+](CC(=O)[O-])cc(C(=O)OC)c21.COC(=O)c1c[n+](CC(=O)[O-])cc2c1C(C)=CC2(C)C1(C)C=C(C)c2c(C(=O)OC)c[n+](CC(=O)[O-])cc21. The first-order valence-corrected chi connectivity index (χ1v) is 23.9. The zero-order chi connectivity index (χ0) is 56.3. The van der Waals surface area contributed by atoms with E-state index >= 15 is 0 Å². The van der Waals surface area contributed by atoms with E-state index in [0.29, 0.717) is 44.5 Å². The van der Waals surface area contributed by atoms with E-state index in [4.69, 9.17) is 18.9 Å². The molecule has 0 amide bonds. The summed E-state index contributed by atoms with van der Waals surface area (Å²) in [6.45, 7) is 17.5. The van der Waals surface area contributed by atoms with Gasteiger partial charge in [0.15, 0.2) is 75.8 Å². The van der Waals surface area contributed by atoms with Crippen molar-refractivity contribution in [3.8, 4) is 0 Å². The Morgan fingerprint density at radius 2 is 0.697 bits per heavy atom. The van der Waals surface area contributed by atoms with Crippen LogP contribution in [0.2, 0.25) is 0 Å². The number of esters is 4. The van der Waals surface area contributed by atoms with E-state index in [9.17, 15) is 54.0 Å². The molecule has 8 rings (SSSR count). The summed E-state index contributed by atoms with van der Waals surface area (Å²) in [4.78, 5) is 85.9. The third-order valence-corrected chi connectivity index (χ3v) is 15.4. The Bertz CT molecular complexity index is 3200. The van der Waals surface area contributed by atoms with Gasteiger partial charge in [-0.1, -0.05) is 57.8 Å². The normalized spacial score (nSPS) is 21.2. The van der Waals surface area contributed by atoms with Gasteiger partial charge in [0.05, 0.1) is 28.4 Å². The molecule has 0 spiro atoms. The Morgan fingerprint density at radius 1 is 0.421 bits per heavy atom. The number of carbonyl (C=O) groups is 7. The fraction of sp³-hybridized carbons (Fsp3) is 0.351. The highest BCUT2D eigenvalue weighted by atomic mass is 16.5. The number of aliphatic carboxylic acids is 3. The number of hydrogen-bond donors (Lipinski definition) is 0. The quantitative estimate of drug-likeness (QED) is 0.0691. The average molecular weight is 1040 g/mol. The van der Waals surface area contributed by atoms with E-state index in [1.165, 1.54) is 60.7 Å². The van der Waals surface area contributed by atoms with Crippen LogP contribution in [0.4, 0.5) is 0 Å². The Hall–Kier alpha value is -8.61.